The molecule has 5 aromatic rings. The molecule has 3 aliphatic rings. The number of imidazole rings is 2. The van der Waals surface area contributed by atoms with Gasteiger partial charge in [0.25, 0.3) is 5.56 Å². The van der Waals surface area contributed by atoms with Gasteiger partial charge in [-0.2, -0.15) is 0 Å². The standard InChI is InChI=1S/C22H24FN11O8P2/c23-13-16-12(41-21(13)33-7-27-14-17(24)25-5-26-18(14)33)4-40-43(36)39-3-10-9(2-38-44(37)42-16)1-11(10)32-6-28-15-19(32)30-22-31-29-8-34(22)20(15)35/h5-13,16,21,43-44H,1-4H2,(H,30,31)(H2,24,25,26)/t9-,10-,11-,12-,13-,16-,21-/m1/s1. The summed E-state index contributed by atoms with van der Waals surface area (Å²) in [5, 5.41) is 7.67. The van der Waals surface area contributed by atoms with Gasteiger partial charge in [-0.15, -0.1) is 10.2 Å². The third-order valence-corrected chi connectivity index (χ3v) is 10.0. The number of aromatic nitrogens is 10. The molecule has 1 saturated carbocycles. The number of nitrogens with one attached hydrogen (secondary N) is 1. The second-order valence-corrected chi connectivity index (χ2v) is 12.7. The topological polar surface area (TPSA) is 231 Å². The number of H-pyrrole nitrogens is 1. The summed E-state index contributed by atoms with van der Waals surface area (Å²) in [6.07, 6.45) is 0.235. The molecule has 3 N–H and O–H groups in total. The van der Waals surface area contributed by atoms with Crippen LogP contribution in [0.4, 0.5) is 10.2 Å². The Hall–Kier alpha value is -3.64. The fourth-order valence-electron chi connectivity index (χ4n) is 6.04. The number of fused-ring (bicyclic) bond motifs is 5. The molecule has 0 aromatic carbocycles. The molecule has 3 fully saturated rings. The Morgan fingerprint density at radius 3 is 2.66 bits per heavy atom. The third-order valence-electron chi connectivity index (χ3n) is 8.33. The second kappa shape index (κ2) is 10.8. The highest BCUT2D eigenvalue weighted by Gasteiger charge is 2.50. The Balaban J connectivity index is 1.02. The number of nitrogen functional groups attached to an aromatic ring is 1. The lowest BCUT2D eigenvalue weighted by molar-refractivity contribution is -0.0403. The Bertz CT molecular complexity index is 2000. The number of halogens is 1. The van der Waals surface area contributed by atoms with Gasteiger partial charge in [0.15, 0.2) is 29.4 Å². The van der Waals surface area contributed by atoms with Gasteiger partial charge >= 0.3 is 16.5 Å². The molecule has 5 aromatic heterocycles. The van der Waals surface area contributed by atoms with E-state index in [-0.39, 0.29) is 71.5 Å². The number of hydrogen-bond acceptors (Lipinski definition) is 15. The first-order valence-corrected chi connectivity index (χ1v) is 16.0. The fourth-order valence-corrected chi connectivity index (χ4v) is 7.68. The van der Waals surface area contributed by atoms with Gasteiger partial charge in [0.05, 0.1) is 32.5 Å². The number of rotatable bonds is 2. The van der Waals surface area contributed by atoms with Crippen molar-refractivity contribution in [1.29, 1.82) is 0 Å². The van der Waals surface area contributed by atoms with Gasteiger partial charge in [0, 0.05) is 12.0 Å². The minimum Gasteiger partial charge on any atom is -0.382 e. The molecule has 232 valence electrons. The first kappa shape index (κ1) is 27.9. The molecule has 0 bridgehead atoms. The Kier molecular flexibility index (Phi) is 6.82. The normalized spacial score (nSPS) is 33.3. The highest BCUT2D eigenvalue weighted by Crippen LogP contribution is 2.49. The highest BCUT2D eigenvalue weighted by atomic mass is 31.1. The molecule has 44 heavy (non-hydrogen) atoms. The van der Waals surface area contributed by atoms with Crippen LogP contribution in [0, 0.1) is 11.8 Å². The molecule has 0 radical (unpaired) electrons. The van der Waals surface area contributed by atoms with Crippen molar-refractivity contribution in [2.45, 2.75) is 37.1 Å². The molecule has 22 heteroatoms. The van der Waals surface area contributed by atoms with Gasteiger partial charge in [-0.05, 0) is 12.3 Å². The number of alkyl halides is 1. The van der Waals surface area contributed by atoms with Gasteiger partial charge in [-0.1, -0.05) is 0 Å². The smallest absolute Gasteiger partial charge is 0.319 e. The maximum absolute atomic E-state index is 15.8. The summed E-state index contributed by atoms with van der Waals surface area (Å²) in [6, 6.07) is -0.237. The zero-order valence-corrected chi connectivity index (χ0v) is 24.4. The van der Waals surface area contributed by atoms with Gasteiger partial charge in [-0.25, -0.2) is 28.7 Å². The van der Waals surface area contributed by atoms with E-state index in [4.69, 9.17) is 28.6 Å². The highest BCUT2D eigenvalue weighted by molar-refractivity contribution is 7.33. The molecule has 7 heterocycles. The summed E-state index contributed by atoms with van der Waals surface area (Å²) in [5.74, 6) is -0.113. The van der Waals surface area contributed by atoms with Crippen molar-refractivity contribution < 1.29 is 36.4 Å². The van der Waals surface area contributed by atoms with E-state index < -0.39 is 41.1 Å². The molecule has 19 nitrogen and oxygen atoms in total. The average Bonchev–Trinajstić information content (AvgIpc) is 3.79. The predicted molar refractivity (Wildman–Crippen MR) is 147 cm³/mol. The molecule has 8 rings (SSSR count). The molecule has 2 unspecified atom stereocenters. The summed E-state index contributed by atoms with van der Waals surface area (Å²) in [4.78, 5) is 32.3. The van der Waals surface area contributed by atoms with Crippen LogP contribution in [0.15, 0.2) is 30.1 Å². The number of nitrogens with zero attached hydrogens (tertiary/aromatic N) is 9. The lowest BCUT2D eigenvalue weighted by Crippen LogP contribution is -2.43. The van der Waals surface area contributed by atoms with Crippen LogP contribution in [-0.2, 0) is 32.0 Å². The molecular weight excluding hydrogens is 627 g/mol. The summed E-state index contributed by atoms with van der Waals surface area (Å²) in [6.45, 7) is -0.374. The van der Waals surface area contributed by atoms with E-state index in [9.17, 15) is 13.9 Å². The van der Waals surface area contributed by atoms with Crippen LogP contribution in [0.5, 0.6) is 0 Å². The molecule has 0 amide bonds. The molecule has 2 saturated heterocycles. The quantitative estimate of drug-likeness (QED) is 0.252. The Labute approximate surface area is 245 Å². The van der Waals surface area contributed by atoms with E-state index in [2.05, 4.69) is 35.1 Å². The number of anilines is 1. The van der Waals surface area contributed by atoms with Crippen molar-refractivity contribution in [3.63, 3.8) is 0 Å². The fraction of sp³-hybridized carbons (Fsp3) is 0.500. The van der Waals surface area contributed by atoms with E-state index in [0.717, 1.165) is 0 Å². The average molecular weight is 651 g/mol. The number of ether oxygens (including phenoxy) is 1. The lowest BCUT2D eigenvalue weighted by atomic mass is 9.70. The van der Waals surface area contributed by atoms with Crippen LogP contribution >= 0.6 is 16.5 Å². The van der Waals surface area contributed by atoms with Crippen molar-refractivity contribution in [3.05, 3.63) is 35.7 Å². The maximum atomic E-state index is 15.8. The second-order valence-electron chi connectivity index (χ2n) is 10.6. The predicted octanol–water partition coefficient (Wildman–Crippen LogP) is 0.830. The van der Waals surface area contributed by atoms with Crippen LogP contribution in [0.25, 0.3) is 28.1 Å². The summed E-state index contributed by atoms with van der Waals surface area (Å²) >= 11 is 0. The largest absolute Gasteiger partial charge is 0.382 e. The van der Waals surface area contributed by atoms with Gasteiger partial charge in [-0.3, -0.25) is 18.5 Å². The monoisotopic (exact) mass is 651 g/mol. The molecule has 1 aliphatic carbocycles. The Morgan fingerprint density at radius 1 is 0.977 bits per heavy atom. The Morgan fingerprint density at radius 2 is 1.77 bits per heavy atom. The van der Waals surface area contributed by atoms with Crippen molar-refractivity contribution in [2.24, 2.45) is 11.8 Å². The van der Waals surface area contributed by atoms with E-state index in [1.54, 1.807) is 4.57 Å². The van der Waals surface area contributed by atoms with Gasteiger partial charge < -0.3 is 38.1 Å². The van der Waals surface area contributed by atoms with Crippen LogP contribution in [0.3, 0.4) is 0 Å². The van der Waals surface area contributed by atoms with Crippen molar-refractivity contribution in [1.82, 2.24) is 48.7 Å². The minimum atomic E-state index is -3.21. The summed E-state index contributed by atoms with van der Waals surface area (Å²) < 4.78 is 74.1. The lowest BCUT2D eigenvalue weighted by Gasteiger charge is -2.44. The number of nitrogens with two attached hydrogens (primary N) is 1. The zero-order valence-electron chi connectivity index (χ0n) is 22.4. The van der Waals surface area contributed by atoms with Gasteiger partial charge in [0.2, 0.25) is 5.78 Å². The SMILES string of the molecule is Nc1ncnc2c1ncn2[C@@H]1O[C@@H]2CO[PH](=O)OC[C@@H]3[C@@H](CO[PH](=O)O[C@H]2[C@H]1F)C[C@H]3n1cnc2c(=O)n3cnnc3[nH]c21. The number of aromatic amines is 1. The van der Waals surface area contributed by atoms with Crippen molar-refractivity contribution >= 4 is 50.4 Å². The van der Waals surface area contributed by atoms with Crippen molar-refractivity contribution in [3.8, 4) is 0 Å². The van der Waals surface area contributed by atoms with E-state index in [1.807, 2.05) is 0 Å². The summed E-state index contributed by atoms with van der Waals surface area (Å²) in [7, 11) is -6.28. The van der Waals surface area contributed by atoms with Crippen LogP contribution < -0.4 is 11.3 Å². The third kappa shape index (κ3) is 4.48. The van der Waals surface area contributed by atoms with Crippen molar-refractivity contribution in [2.75, 3.05) is 25.6 Å². The number of hydrogen-bond donors (Lipinski definition) is 2. The first-order chi connectivity index (χ1) is 21.4. The molecule has 0 spiro atoms. The van der Waals surface area contributed by atoms with E-state index >= 15 is 4.39 Å². The maximum Gasteiger partial charge on any atom is 0.319 e. The van der Waals surface area contributed by atoms with E-state index in [1.165, 1.54) is 34.3 Å². The molecule has 9 atom stereocenters. The first-order valence-electron chi connectivity index (χ1n) is 13.5. The zero-order chi connectivity index (χ0) is 30.1. The van der Waals surface area contributed by atoms with Crippen LogP contribution in [0.2, 0.25) is 0 Å². The van der Waals surface area contributed by atoms with Gasteiger partial charge in [0.1, 0.15) is 36.0 Å². The van der Waals surface area contributed by atoms with Crippen LogP contribution in [0.1, 0.15) is 18.7 Å². The minimum absolute atomic E-state index is 0.000820. The summed E-state index contributed by atoms with van der Waals surface area (Å²) in [5.41, 5.74) is 6.60. The van der Waals surface area contributed by atoms with Crippen LogP contribution in [-0.4, -0.2) is 86.9 Å². The van der Waals surface area contributed by atoms with E-state index in [0.29, 0.717) is 12.1 Å². The molecular formula is C22H24FN11O8P2. The molecule has 2 aliphatic heterocycles.